The molecule has 0 atom stereocenters. The van der Waals surface area contributed by atoms with E-state index in [0.717, 1.165) is 6.07 Å². The first-order valence-electron chi connectivity index (χ1n) is 5.38. The van der Waals surface area contributed by atoms with Crippen molar-refractivity contribution in [2.45, 2.75) is 23.2 Å². The zero-order chi connectivity index (χ0) is 15.3. The standard InChI is InChI=1S/C12H9ClF3NO2S/c1-2-19-11(18)9-4-10(20-12(14,15)16)7(5-13)3-8(9)6-17/h3-4H,2,5H2,1H3. The van der Waals surface area contributed by atoms with E-state index in [-0.39, 0.29) is 45.8 Å². The first-order chi connectivity index (χ1) is 9.32. The molecule has 1 aromatic rings. The molecule has 0 unspecified atom stereocenters. The quantitative estimate of drug-likeness (QED) is 0.476. The molecule has 0 aliphatic carbocycles. The van der Waals surface area contributed by atoms with Gasteiger partial charge in [0.15, 0.2) is 0 Å². The maximum atomic E-state index is 12.5. The maximum Gasteiger partial charge on any atom is 0.446 e. The van der Waals surface area contributed by atoms with Crippen LogP contribution in [0.2, 0.25) is 0 Å². The predicted molar refractivity (Wildman–Crippen MR) is 68.6 cm³/mol. The van der Waals surface area contributed by atoms with E-state index in [9.17, 15) is 18.0 Å². The molecule has 0 aromatic heterocycles. The third-order valence-corrected chi connectivity index (χ3v) is 3.31. The van der Waals surface area contributed by atoms with Crippen LogP contribution in [0.1, 0.15) is 28.4 Å². The van der Waals surface area contributed by atoms with Crippen molar-refractivity contribution in [1.29, 1.82) is 5.26 Å². The van der Waals surface area contributed by atoms with Gasteiger partial charge in [0, 0.05) is 10.8 Å². The fourth-order valence-electron chi connectivity index (χ4n) is 1.42. The smallest absolute Gasteiger partial charge is 0.446 e. The highest BCUT2D eigenvalue weighted by Gasteiger charge is 2.31. The van der Waals surface area contributed by atoms with Gasteiger partial charge in [0.25, 0.3) is 0 Å². The van der Waals surface area contributed by atoms with E-state index in [1.165, 1.54) is 6.07 Å². The second-order valence-electron chi connectivity index (χ2n) is 3.52. The summed E-state index contributed by atoms with van der Waals surface area (Å²) < 4.78 is 42.1. The normalized spacial score (nSPS) is 11.0. The molecule has 0 N–H and O–H groups in total. The van der Waals surface area contributed by atoms with Gasteiger partial charge in [0.1, 0.15) is 6.07 Å². The molecule has 1 aromatic carbocycles. The number of alkyl halides is 4. The SMILES string of the molecule is CCOC(=O)c1cc(SC(F)(F)F)c(CCl)cc1C#N. The van der Waals surface area contributed by atoms with Crippen molar-refractivity contribution in [3.05, 3.63) is 28.8 Å². The number of benzene rings is 1. The fourth-order valence-corrected chi connectivity index (χ4v) is 2.41. The summed E-state index contributed by atoms with van der Waals surface area (Å²) in [7, 11) is 0. The van der Waals surface area contributed by atoms with Crippen molar-refractivity contribution in [2.24, 2.45) is 0 Å². The van der Waals surface area contributed by atoms with Crippen LogP contribution in [0.5, 0.6) is 0 Å². The number of carbonyl (C=O) groups is 1. The molecule has 3 nitrogen and oxygen atoms in total. The van der Waals surface area contributed by atoms with Gasteiger partial charge < -0.3 is 4.74 Å². The molecule has 0 aliphatic heterocycles. The minimum atomic E-state index is -4.51. The first-order valence-corrected chi connectivity index (χ1v) is 6.73. The number of esters is 1. The van der Waals surface area contributed by atoms with Gasteiger partial charge in [-0.15, -0.1) is 11.6 Å². The van der Waals surface area contributed by atoms with E-state index in [0.29, 0.717) is 0 Å². The lowest BCUT2D eigenvalue weighted by Crippen LogP contribution is -2.09. The Morgan fingerprint density at radius 3 is 2.60 bits per heavy atom. The van der Waals surface area contributed by atoms with Gasteiger partial charge in [0.2, 0.25) is 0 Å². The molecule has 0 spiro atoms. The molecule has 0 fully saturated rings. The Labute approximate surface area is 122 Å². The minimum Gasteiger partial charge on any atom is -0.462 e. The van der Waals surface area contributed by atoms with Crippen molar-refractivity contribution >= 4 is 29.3 Å². The van der Waals surface area contributed by atoms with Crippen LogP contribution in [0.15, 0.2) is 17.0 Å². The number of ether oxygens (including phenoxy) is 1. The van der Waals surface area contributed by atoms with E-state index >= 15 is 0 Å². The average molecular weight is 324 g/mol. The number of nitrogens with zero attached hydrogens (tertiary/aromatic N) is 1. The molecule has 1 rings (SSSR count). The zero-order valence-electron chi connectivity index (χ0n) is 10.3. The number of hydrogen-bond acceptors (Lipinski definition) is 4. The Bertz CT molecular complexity index is 555. The molecular weight excluding hydrogens is 315 g/mol. The third kappa shape index (κ3) is 4.32. The van der Waals surface area contributed by atoms with E-state index in [4.69, 9.17) is 21.6 Å². The highest BCUT2D eigenvalue weighted by molar-refractivity contribution is 8.00. The summed E-state index contributed by atoms with van der Waals surface area (Å²) in [5.41, 5.74) is -4.64. The largest absolute Gasteiger partial charge is 0.462 e. The van der Waals surface area contributed by atoms with Crippen LogP contribution >= 0.6 is 23.4 Å². The Balaban J connectivity index is 3.34. The van der Waals surface area contributed by atoms with E-state index in [1.807, 2.05) is 0 Å². The molecule has 0 radical (unpaired) electrons. The summed E-state index contributed by atoms with van der Waals surface area (Å²) in [5, 5.41) is 8.95. The van der Waals surface area contributed by atoms with E-state index in [1.54, 1.807) is 13.0 Å². The van der Waals surface area contributed by atoms with Gasteiger partial charge in [-0.2, -0.15) is 18.4 Å². The van der Waals surface area contributed by atoms with Gasteiger partial charge in [0.05, 0.1) is 17.7 Å². The number of nitriles is 1. The summed E-state index contributed by atoms with van der Waals surface area (Å²) in [6, 6.07) is 3.92. The van der Waals surface area contributed by atoms with Crippen LogP contribution in [-0.4, -0.2) is 18.1 Å². The molecule has 108 valence electrons. The highest BCUT2D eigenvalue weighted by atomic mass is 35.5. The average Bonchev–Trinajstić information content (AvgIpc) is 2.36. The summed E-state index contributed by atoms with van der Waals surface area (Å²) in [4.78, 5) is 11.4. The van der Waals surface area contributed by atoms with Crippen LogP contribution in [0.4, 0.5) is 13.2 Å². The molecule has 0 heterocycles. The molecule has 0 amide bonds. The van der Waals surface area contributed by atoms with Gasteiger partial charge in [-0.1, -0.05) is 0 Å². The monoisotopic (exact) mass is 323 g/mol. The van der Waals surface area contributed by atoms with E-state index < -0.39 is 11.5 Å². The fraction of sp³-hybridized carbons (Fsp3) is 0.333. The summed E-state index contributed by atoms with van der Waals surface area (Å²) in [6.45, 7) is 1.62. The molecule has 0 aliphatic rings. The summed E-state index contributed by atoms with van der Waals surface area (Å²) >= 11 is 5.20. The topological polar surface area (TPSA) is 50.1 Å². The van der Waals surface area contributed by atoms with Gasteiger partial charge >= 0.3 is 11.5 Å². The Hall–Kier alpha value is -1.39. The number of rotatable bonds is 4. The molecule has 0 saturated carbocycles. The minimum absolute atomic E-state index is 0.0582. The predicted octanol–water partition coefficient (Wildman–Crippen LogP) is 4.09. The van der Waals surface area contributed by atoms with Crippen molar-refractivity contribution in [3.8, 4) is 6.07 Å². The molecule has 0 bridgehead atoms. The van der Waals surface area contributed by atoms with Crippen LogP contribution in [-0.2, 0) is 10.6 Å². The second-order valence-corrected chi connectivity index (χ2v) is 4.89. The lowest BCUT2D eigenvalue weighted by atomic mass is 10.1. The summed E-state index contributed by atoms with van der Waals surface area (Å²) in [6.07, 6.45) is 0. The maximum absolute atomic E-state index is 12.5. The summed E-state index contributed by atoms with van der Waals surface area (Å²) in [5.74, 6) is -1.04. The first kappa shape index (κ1) is 16.7. The number of carbonyl (C=O) groups excluding carboxylic acids is 1. The van der Waals surface area contributed by atoms with Gasteiger partial charge in [-0.25, -0.2) is 4.79 Å². The van der Waals surface area contributed by atoms with Gasteiger partial charge in [-0.05, 0) is 36.4 Å². The Morgan fingerprint density at radius 2 is 2.15 bits per heavy atom. The highest BCUT2D eigenvalue weighted by Crippen LogP contribution is 2.40. The number of thioether (sulfide) groups is 1. The lowest BCUT2D eigenvalue weighted by Gasteiger charge is -2.12. The van der Waals surface area contributed by atoms with E-state index in [2.05, 4.69) is 0 Å². The molecule has 8 heteroatoms. The van der Waals surface area contributed by atoms with Crippen molar-refractivity contribution in [2.75, 3.05) is 6.61 Å². The van der Waals surface area contributed by atoms with Gasteiger partial charge in [-0.3, -0.25) is 0 Å². The molecule has 0 saturated heterocycles. The van der Waals surface area contributed by atoms with Crippen LogP contribution in [0.25, 0.3) is 0 Å². The van der Waals surface area contributed by atoms with Crippen LogP contribution < -0.4 is 0 Å². The van der Waals surface area contributed by atoms with Crippen LogP contribution in [0, 0.1) is 11.3 Å². The molecular formula is C12H9ClF3NO2S. The second kappa shape index (κ2) is 6.86. The molecule has 20 heavy (non-hydrogen) atoms. The zero-order valence-corrected chi connectivity index (χ0v) is 11.8. The van der Waals surface area contributed by atoms with Crippen molar-refractivity contribution in [3.63, 3.8) is 0 Å². The number of halogens is 4. The van der Waals surface area contributed by atoms with Crippen LogP contribution in [0.3, 0.4) is 0 Å². The lowest BCUT2D eigenvalue weighted by molar-refractivity contribution is -0.0328. The van der Waals surface area contributed by atoms with Crippen molar-refractivity contribution in [1.82, 2.24) is 0 Å². The third-order valence-electron chi connectivity index (χ3n) is 2.19. The van der Waals surface area contributed by atoms with Crippen molar-refractivity contribution < 1.29 is 22.7 Å². The Kier molecular flexibility index (Phi) is 5.72. The Morgan fingerprint density at radius 1 is 1.50 bits per heavy atom. The number of hydrogen-bond donors (Lipinski definition) is 0.